The Morgan fingerprint density at radius 3 is 2.71 bits per heavy atom. The van der Waals surface area contributed by atoms with Gasteiger partial charge < -0.3 is 15.3 Å². The van der Waals surface area contributed by atoms with Gasteiger partial charge in [0.15, 0.2) is 0 Å². The van der Waals surface area contributed by atoms with Crippen LogP contribution in [-0.2, 0) is 4.79 Å². The molecule has 4 unspecified atom stereocenters. The van der Waals surface area contributed by atoms with E-state index in [-0.39, 0.29) is 18.1 Å². The zero-order valence-corrected chi connectivity index (χ0v) is 10.9. The van der Waals surface area contributed by atoms with E-state index in [2.05, 4.69) is 12.2 Å². The van der Waals surface area contributed by atoms with Gasteiger partial charge in [0.1, 0.15) is 0 Å². The number of aliphatic hydroxyl groups excluding tert-OH is 1. The number of hydrogen-bond donors (Lipinski definition) is 2. The Bertz CT molecular complexity index is 283. The first-order valence-corrected chi connectivity index (χ1v) is 6.80. The lowest BCUT2D eigenvalue weighted by atomic mass is 9.90. The Balaban J connectivity index is 1.95. The fraction of sp³-hybridized carbons (Fsp3) is 0.923. The van der Waals surface area contributed by atoms with Gasteiger partial charge in [-0.05, 0) is 37.6 Å². The maximum atomic E-state index is 12.4. The summed E-state index contributed by atoms with van der Waals surface area (Å²) in [5.74, 6) is 0.909. The highest BCUT2D eigenvalue weighted by Gasteiger charge is 2.34. The fourth-order valence-corrected chi connectivity index (χ4v) is 2.83. The summed E-state index contributed by atoms with van der Waals surface area (Å²) in [7, 11) is 0. The average molecular weight is 240 g/mol. The molecule has 0 spiro atoms. The van der Waals surface area contributed by atoms with Crippen molar-refractivity contribution < 1.29 is 9.90 Å². The van der Waals surface area contributed by atoms with Gasteiger partial charge in [-0.3, -0.25) is 4.79 Å². The maximum Gasteiger partial charge on any atom is 0.240 e. The Labute approximate surface area is 103 Å². The summed E-state index contributed by atoms with van der Waals surface area (Å²) in [6.07, 6.45) is 2.83. The molecule has 4 atom stereocenters. The van der Waals surface area contributed by atoms with Crippen LogP contribution in [0.3, 0.4) is 0 Å². The topological polar surface area (TPSA) is 52.6 Å². The van der Waals surface area contributed by atoms with Gasteiger partial charge in [0, 0.05) is 13.1 Å². The summed E-state index contributed by atoms with van der Waals surface area (Å²) in [5.41, 5.74) is 0. The number of amides is 1. The minimum atomic E-state index is -0.355. The number of likely N-dealkylation sites (tertiary alicyclic amines) is 1. The molecule has 4 nitrogen and oxygen atoms in total. The number of carbonyl (C=O) groups is 1. The van der Waals surface area contributed by atoms with E-state index in [1.54, 1.807) is 0 Å². The molecule has 2 aliphatic rings. The predicted octanol–water partition coefficient (Wildman–Crippen LogP) is 0.604. The van der Waals surface area contributed by atoms with Crippen molar-refractivity contribution in [1.82, 2.24) is 10.2 Å². The molecule has 0 bridgehead atoms. The third-order valence-corrected chi connectivity index (χ3v) is 4.27. The van der Waals surface area contributed by atoms with Gasteiger partial charge in [-0.2, -0.15) is 0 Å². The van der Waals surface area contributed by atoms with Crippen molar-refractivity contribution in [1.29, 1.82) is 0 Å². The van der Waals surface area contributed by atoms with E-state index in [4.69, 9.17) is 0 Å². The lowest BCUT2D eigenvalue weighted by Crippen LogP contribution is -2.56. The van der Waals surface area contributed by atoms with Gasteiger partial charge in [0.05, 0.1) is 12.1 Å². The molecule has 1 amide bonds. The van der Waals surface area contributed by atoms with Crippen LogP contribution >= 0.6 is 0 Å². The molecule has 2 heterocycles. The van der Waals surface area contributed by atoms with Crippen molar-refractivity contribution in [3.63, 3.8) is 0 Å². The summed E-state index contributed by atoms with van der Waals surface area (Å²) < 4.78 is 0. The van der Waals surface area contributed by atoms with Gasteiger partial charge in [-0.1, -0.05) is 13.8 Å². The number of nitrogens with one attached hydrogen (secondary N) is 1. The molecule has 0 aromatic carbocycles. The second-order valence-corrected chi connectivity index (χ2v) is 5.67. The molecule has 0 saturated carbocycles. The molecule has 17 heavy (non-hydrogen) atoms. The second-order valence-electron chi connectivity index (χ2n) is 5.67. The number of rotatable bonds is 1. The standard InChI is InChI=1S/C13H24N2O2/c1-9-5-7-15(8-11(9)16)13(17)12-10(2)4-3-6-14-12/h9-12,14,16H,3-8H2,1-2H3. The molecular weight excluding hydrogens is 216 g/mol. The molecule has 4 heteroatoms. The van der Waals surface area contributed by atoms with Crippen LogP contribution in [0.5, 0.6) is 0 Å². The quantitative estimate of drug-likeness (QED) is 0.706. The molecule has 2 rings (SSSR count). The maximum absolute atomic E-state index is 12.4. The lowest BCUT2D eigenvalue weighted by Gasteiger charge is -2.38. The molecule has 0 aromatic heterocycles. The molecule has 2 fully saturated rings. The molecule has 0 radical (unpaired) electrons. The zero-order chi connectivity index (χ0) is 12.4. The Kier molecular flexibility index (Phi) is 4.05. The highest BCUT2D eigenvalue weighted by molar-refractivity contribution is 5.82. The van der Waals surface area contributed by atoms with Crippen molar-refractivity contribution in [3.05, 3.63) is 0 Å². The van der Waals surface area contributed by atoms with E-state index in [9.17, 15) is 9.90 Å². The monoisotopic (exact) mass is 240 g/mol. The second kappa shape index (κ2) is 5.36. The molecular formula is C13H24N2O2. The number of carbonyl (C=O) groups excluding carboxylic acids is 1. The Morgan fingerprint density at radius 2 is 2.06 bits per heavy atom. The molecule has 2 N–H and O–H groups in total. The van der Waals surface area contributed by atoms with E-state index in [1.165, 1.54) is 0 Å². The van der Waals surface area contributed by atoms with E-state index < -0.39 is 0 Å². The van der Waals surface area contributed by atoms with Crippen LogP contribution in [-0.4, -0.2) is 47.7 Å². The van der Waals surface area contributed by atoms with Crippen molar-refractivity contribution in [2.24, 2.45) is 11.8 Å². The van der Waals surface area contributed by atoms with E-state index >= 15 is 0 Å². The predicted molar refractivity (Wildman–Crippen MR) is 66.6 cm³/mol. The smallest absolute Gasteiger partial charge is 0.240 e. The first kappa shape index (κ1) is 12.8. The largest absolute Gasteiger partial charge is 0.391 e. The third-order valence-electron chi connectivity index (χ3n) is 4.27. The van der Waals surface area contributed by atoms with Crippen LogP contribution in [0, 0.1) is 11.8 Å². The highest BCUT2D eigenvalue weighted by Crippen LogP contribution is 2.21. The summed E-state index contributed by atoms with van der Waals surface area (Å²) >= 11 is 0. The summed E-state index contributed by atoms with van der Waals surface area (Å²) in [6.45, 7) is 6.42. The van der Waals surface area contributed by atoms with Crippen molar-refractivity contribution in [2.45, 2.75) is 45.3 Å². The fourth-order valence-electron chi connectivity index (χ4n) is 2.83. The van der Waals surface area contributed by atoms with Gasteiger partial charge >= 0.3 is 0 Å². The van der Waals surface area contributed by atoms with E-state index in [1.807, 2.05) is 11.8 Å². The zero-order valence-electron chi connectivity index (χ0n) is 10.9. The number of aliphatic hydroxyl groups is 1. The van der Waals surface area contributed by atoms with Crippen LogP contribution < -0.4 is 5.32 Å². The van der Waals surface area contributed by atoms with Crippen LogP contribution in [0.1, 0.15) is 33.1 Å². The van der Waals surface area contributed by atoms with Gasteiger partial charge in [0.2, 0.25) is 5.91 Å². The van der Waals surface area contributed by atoms with Crippen LogP contribution in [0.4, 0.5) is 0 Å². The minimum absolute atomic E-state index is 0.0376. The van der Waals surface area contributed by atoms with Crippen molar-refractivity contribution in [3.8, 4) is 0 Å². The Hall–Kier alpha value is -0.610. The number of piperidine rings is 2. The first-order chi connectivity index (χ1) is 8.09. The Morgan fingerprint density at radius 1 is 1.29 bits per heavy atom. The first-order valence-electron chi connectivity index (χ1n) is 6.80. The molecule has 2 aliphatic heterocycles. The highest BCUT2D eigenvalue weighted by atomic mass is 16.3. The van der Waals surface area contributed by atoms with Crippen LogP contribution in [0.2, 0.25) is 0 Å². The third kappa shape index (κ3) is 2.80. The van der Waals surface area contributed by atoms with Crippen molar-refractivity contribution >= 4 is 5.91 Å². The number of hydrogen-bond acceptors (Lipinski definition) is 3. The molecule has 2 saturated heterocycles. The van der Waals surface area contributed by atoms with E-state index in [0.29, 0.717) is 18.4 Å². The molecule has 0 aliphatic carbocycles. The molecule has 0 aromatic rings. The van der Waals surface area contributed by atoms with Gasteiger partial charge in [-0.15, -0.1) is 0 Å². The number of nitrogens with zero attached hydrogens (tertiary/aromatic N) is 1. The minimum Gasteiger partial charge on any atom is -0.391 e. The van der Waals surface area contributed by atoms with Crippen molar-refractivity contribution in [2.75, 3.05) is 19.6 Å². The average Bonchev–Trinajstić information content (AvgIpc) is 2.32. The molecule has 98 valence electrons. The SMILES string of the molecule is CC1CCN(C(=O)C2NCCCC2C)CC1O. The van der Waals surface area contributed by atoms with Crippen LogP contribution in [0.15, 0.2) is 0 Å². The normalized spacial score (nSPS) is 39.1. The van der Waals surface area contributed by atoms with Gasteiger partial charge in [0.25, 0.3) is 0 Å². The van der Waals surface area contributed by atoms with Crippen LogP contribution in [0.25, 0.3) is 0 Å². The number of β-amino-alcohol motifs (C(OH)–C–C–N with tert-alkyl or cyclic N) is 1. The summed E-state index contributed by atoms with van der Waals surface area (Å²) in [4.78, 5) is 14.2. The van der Waals surface area contributed by atoms with E-state index in [0.717, 1.165) is 32.4 Å². The summed E-state index contributed by atoms with van der Waals surface area (Å²) in [6, 6.07) is -0.0376. The summed E-state index contributed by atoms with van der Waals surface area (Å²) in [5, 5.41) is 13.2. The lowest BCUT2D eigenvalue weighted by molar-refractivity contribution is -0.139. The van der Waals surface area contributed by atoms with Gasteiger partial charge in [-0.25, -0.2) is 0 Å².